The number of rotatable bonds is 5. The number of aromatic nitrogens is 2. The zero-order chi connectivity index (χ0) is 22.2. The molecule has 0 spiro atoms. The van der Waals surface area contributed by atoms with Crippen molar-refractivity contribution < 1.29 is 14.3 Å². The van der Waals surface area contributed by atoms with Gasteiger partial charge in [0.25, 0.3) is 11.5 Å². The Morgan fingerprint density at radius 2 is 2.00 bits per heavy atom. The minimum Gasteiger partial charge on any atom is -0.458 e. The van der Waals surface area contributed by atoms with Crippen molar-refractivity contribution in [2.24, 2.45) is 0 Å². The van der Waals surface area contributed by atoms with E-state index in [1.54, 1.807) is 4.40 Å². The predicted octanol–water partition coefficient (Wildman–Crippen LogP) is 3.98. The summed E-state index contributed by atoms with van der Waals surface area (Å²) in [7, 11) is 0. The number of halogens is 1. The van der Waals surface area contributed by atoms with Crippen molar-refractivity contribution in [2.45, 2.75) is 32.3 Å². The van der Waals surface area contributed by atoms with Gasteiger partial charge in [0.05, 0.1) is 10.7 Å². The number of thiazole rings is 1. The second-order valence-electron chi connectivity index (χ2n) is 7.47. The quantitative estimate of drug-likeness (QED) is 0.430. The van der Waals surface area contributed by atoms with E-state index in [0.29, 0.717) is 20.6 Å². The van der Waals surface area contributed by atoms with Crippen LogP contribution in [0.1, 0.15) is 38.8 Å². The molecule has 7 nitrogen and oxygen atoms in total. The largest absolute Gasteiger partial charge is 0.458 e. The van der Waals surface area contributed by atoms with Crippen LogP contribution in [0.3, 0.4) is 0 Å². The third-order valence-electron chi connectivity index (χ3n) is 5.33. The van der Waals surface area contributed by atoms with Crippen LogP contribution in [0.25, 0.3) is 15.0 Å². The fourth-order valence-corrected chi connectivity index (χ4v) is 6.48. The lowest BCUT2D eigenvalue weighted by Gasteiger charge is -2.10. The Morgan fingerprint density at radius 1 is 1.19 bits per heavy atom. The summed E-state index contributed by atoms with van der Waals surface area (Å²) in [5, 5.41) is 3.71. The molecule has 0 bridgehead atoms. The molecule has 3 aromatic heterocycles. The third-order valence-corrected chi connectivity index (χ3v) is 8.15. The molecule has 3 heterocycles. The SMILES string of the molecule is O=C(CNC(=O)c1sc2ccccc2c1Cl)OCc1cc(=O)n2c3c(sc2n1)CCCC3. The van der Waals surface area contributed by atoms with Gasteiger partial charge in [-0.1, -0.05) is 29.8 Å². The third kappa shape index (κ3) is 3.92. The number of nitrogens with one attached hydrogen (secondary N) is 1. The topological polar surface area (TPSA) is 89.8 Å². The Bertz CT molecular complexity index is 1420. The van der Waals surface area contributed by atoms with Gasteiger partial charge in [0.2, 0.25) is 0 Å². The maximum absolute atomic E-state index is 12.6. The Labute approximate surface area is 195 Å². The maximum Gasteiger partial charge on any atom is 0.325 e. The first-order chi connectivity index (χ1) is 15.5. The van der Waals surface area contributed by atoms with Gasteiger partial charge in [-0.2, -0.15) is 0 Å². The summed E-state index contributed by atoms with van der Waals surface area (Å²) in [5.74, 6) is -1.06. The fraction of sp³-hybridized carbons (Fsp3) is 0.273. The molecular formula is C22H18ClN3O4S2. The molecule has 0 aliphatic heterocycles. The monoisotopic (exact) mass is 487 g/mol. The normalized spacial score (nSPS) is 13.3. The van der Waals surface area contributed by atoms with Crippen LogP contribution in [-0.4, -0.2) is 27.8 Å². The van der Waals surface area contributed by atoms with Crippen LogP contribution in [-0.2, 0) is 29.0 Å². The van der Waals surface area contributed by atoms with E-state index in [1.165, 1.54) is 33.6 Å². The van der Waals surface area contributed by atoms with E-state index in [9.17, 15) is 14.4 Å². The number of aryl methyl sites for hydroxylation is 2. The van der Waals surface area contributed by atoms with Crippen molar-refractivity contribution in [3.05, 3.63) is 66.9 Å². The zero-order valence-corrected chi connectivity index (χ0v) is 19.2. The van der Waals surface area contributed by atoms with Crippen LogP contribution < -0.4 is 10.9 Å². The Morgan fingerprint density at radius 3 is 2.84 bits per heavy atom. The van der Waals surface area contributed by atoms with E-state index in [2.05, 4.69) is 10.3 Å². The van der Waals surface area contributed by atoms with Gasteiger partial charge in [0.1, 0.15) is 18.0 Å². The summed E-state index contributed by atoms with van der Waals surface area (Å²) < 4.78 is 7.78. The number of thiophene rings is 1. The van der Waals surface area contributed by atoms with Crippen molar-refractivity contribution in [1.29, 1.82) is 0 Å². The van der Waals surface area contributed by atoms with E-state index in [-0.39, 0.29) is 18.7 Å². The average Bonchev–Trinajstić information content (AvgIpc) is 3.34. The van der Waals surface area contributed by atoms with Gasteiger partial charge in [-0.3, -0.25) is 18.8 Å². The first-order valence-corrected chi connectivity index (χ1v) is 12.2. The van der Waals surface area contributed by atoms with Crippen LogP contribution in [0, 0.1) is 0 Å². The first kappa shape index (κ1) is 21.1. The summed E-state index contributed by atoms with van der Waals surface area (Å²) in [6.07, 6.45) is 4.05. The van der Waals surface area contributed by atoms with Crippen LogP contribution in [0.15, 0.2) is 35.1 Å². The molecule has 0 saturated carbocycles. The smallest absolute Gasteiger partial charge is 0.325 e. The van der Waals surface area contributed by atoms with Gasteiger partial charge < -0.3 is 10.1 Å². The van der Waals surface area contributed by atoms with Crippen molar-refractivity contribution in [1.82, 2.24) is 14.7 Å². The minimum absolute atomic E-state index is 0.132. The van der Waals surface area contributed by atoms with Gasteiger partial charge in [-0.25, -0.2) is 4.98 Å². The lowest BCUT2D eigenvalue weighted by molar-refractivity contribution is -0.143. The molecule has 1 aliphatic rings. The molecule has 0 radical (unpaired) electrons. The number of fused-ring (bicyclic) bond motifs is 4. The molecule has 10 heteroatoms. The predicted molar refractivity (Wildman–Crippen MR) is 125 cm³/mol. The molecule has 1 aliphatic carbocycles. The molecule has 0 saturated heterocycles. The number of carbonyl (C=O) groups is 2. The molecule has 1 N–H and O–H groups in total. The summed E-state index contributed by atoms with van der Waals surface area (Å²) in [5.41, 5.74) is 1.29. The standard InChI is InChI=1S/C22H18ClN3O4S2/c23-19-13-5-1-3-7-15(13)31-20(19)21(29)24-10-18(28)30-11-12-9-17(27)26-14-6-2-4-8-16(14)32-22(26)25-12/h1,3,5,7,9H,2,4,6,8,10-11H2,(H,24,29). The van der Waals surface area contributed by atoms with Gasteiger partial charge >= 0.3 is 5.97 Å². The number of hydrogen-bond acceptors (Lipinski definition) is 7. The molecule has 1 amide bonds. The van der Waals surface area contributed by atoms with Gasteiger partial charge in [0.15, 0.2) is 4.96 Å². The molecule has 0 fully saturated rings. The molecular weight excluding hydrogens is 470 g/mol. The van der Waals surface area contributed by atoms with E-state index in [1.807, 2.05) is 24.3 Å². The maximum atomic E-state index is 12.6. The Kier molecular flexibility index (Phi) is 5.71. The summed E-state index contributed by atoms with van der Waals surface area (Å²) in [6, 6.07) is 8.85. The van der Waals surface area contributed by atoms with Gasteiger partial charge in [-0.15, -0.1) is 22.7 Å². The highest BCUT2D eigenvalue weighted by Crippen LogP contribution is 2.35. The second kappa shape index (κ2) is 8.65. The van der Waals surface area contributed by atoms with Gasteiger partial charge in [0, 0.05) is 26.7 Å². The summed E-state index contributed by atoms with van der Waals surface area (Å²) in [4.78, 5) is 43.8. The number of ether oxygens (including phenoxy) is 1. The summed E-state index contributed by atoms with van der Waals surface area (Å²) in [6.45, 7) is -0.440. The van der Waals surface area contributed by atoms with Crippen molar-refractivity contribution in [2.75, 3.05) is 6.54 Å². The fourth-order valence-electron chi connectivity index (χ4n) is 3.81. The van der Waals surface area contributed by atoms with E-state index < -0.39 is 11.9 Å². The number of hydrogen-bond donors (Lipinski definition) is 1. The number of amides is 1. The van der Waals surface area contributed by atoms with E-state index >= 15 is 0 Å². The van der Waals surface area contributed by atoms with Crippen molar-refractivity contribution in [3.63, 3.8) is 0 Å². The van der Waals surface area contributed by atoms with Gasteiger partial charge in [-0.05, 0) is 31.7 Å². The van der Waals surface area contributed by atoms with E-state index in [4.69, 9.17) is 16.3 Å². The molecule has 5 rings (SSSR count). The number of benzene rings is 1. The average molecular weight is 488 g/mol. The number of carbonyl (C=O) groups excluding carboxylic acids is 2. The summed E-state index contributed by atoms with van der Waals surface area (Å²) >= 11 is 9.09. The zero-order valence-electron chi connectivity index (χ0n) is 16.9. The highest BCUT2D eigenvalue weighted by atomic mass is 35.5. The number of esters is 1. The molecule has 1 aromatic carbocycles. The molecule has 0 unspecified atom stereocenters. The van der Waals surface area contributed by atoms with Crippen molar-refractivity contribution >= 4 is 61.2 Å². The molecule has 32 heavy (non-hydrogen) atoms. The highest BCUT2D eigenvalue weighted by molar-refractivity contribution is 7.21. The lowest BCUT2D eigenvalue weighted by Crippen LogP contribution is -2.30. The molecule has 0 atom stereocenters. The second-order valence-corrected chi connectivity index (χ2v) is 9.96. The lowest BCUT2D eigenvalue weighted by atomic mass is 10.0. The molecule has 164 valence electrons. The Balaban J connectivity index is 1.22. The Hall–Kier alpha value is -2.75. The van der Waals surface area contributed by atoms with Crippen molar-refractivity contribution in [3.8, 4) is 0 Å². The van der Waals surface area contributed by atoms with Crippen LogP contribution in [0.5, 0.6) is 0 Å². The van der Waals surface area contributed by atoms with Crippen LogP contribution in [0.4, 0.5) is 0 Å². The molecule has 4 aromatic rings. The highest BCUT2D eigenvalue weighted by Gasteiger charge is 2.20. The van der Waals surface area contributed by atoms with Crippen LogP contribution >= 0.6 is 34.3 Å². The number of nitrogens with zero attached hydrogens (tertiary/aromatic N) is 2. The van der Waals surface area contributed by atoms with E-state index in [0.717, 1.165) is 41.5 Å². The van der Waals surface area contributed by atoms with Crippen LogP contribution in [0.2, 0.25) is 5.02 Å². The first-order valence-electron chi connectivity index (χ1n) is 10.2. The minimum atomic E-state index is -0.622.